The van der Waals surface area contributed by atoms with Gasteiger partial charge in [-0.15, -0.1) is 0 Å². The minimum Gasteiger partial charge on any atom is -0.478 e. The number of rotatable bonds is 14. The fraction of sp³-hybridized carbons (Fsp3) is 0.447. The van der Waals surface area contributed by atoms with Crippen molar-refractivity contribution in [2.75, 3.05) is 40.8 Å². The summed E-state index contributed by atoms with van der Waals surface area (Å²) in [4.78, 5) is 45.7. The molecule has 3 aromatic carbocycles. The fourth-order valence-corrected chi connectivity index (χ4v) is 6.48. The molecule has 4 rings (SSSR count). The molecule has 0 aromatic heterocycles. The Morgan fingerprint density at radius 1 is 0.913 bits per heavy atom. The summed E-state index contributed by atoms with van der Waals surface area (Å²) in [6.07, 6.45) is 5.89. The summed E-state index contributed by atoms with van der Waals surface area (Å²) >= 11 is 0. The second kappa shape index (κ2) is 16.0. The summed E-state index contributed by atoms with van der Waals surface area (Å²) in [6, 6.07) is 22.9. The average molecular weight is 627 g/mol. The molecule has 8 nitrogen and oxygen atoms in total. The average Bonchev–Trinajstić information content (AvgIpc) is 3.02. The number of piperidine rings is 1. The first-order valence-electron chi connectivity index (χ1n) is 16.3. The van der Waals surface area contributed by atoms with Crippen molar-refractivity contribution < 1.29 is 19.5 Å². The van der Waals surface area contributed by atoms with Gasteiger partial charge in [0.1, 0.15) is 6.04 Å². The number of carbonyl (C=O) groups is 3. The quantitative estimate of drug-likeness (QED) is 0.244. The Bertz CT molecular complexity index is 1490. The van der Waals surface area contributed by atoms with Crippen LogP contribution in [0.25, 0.3) is 10.8 Å². The van der Waals surface area contributed by atoms with Gasteiger partial charge in [-0.1, -0.05) is 78.9 Å². The predicted octanol–water partition coefficient (Wildman–Crippen LogP) is 5.02. The number of amides is 2. The maximum atomic E-state index is 14.5. The number of fused-ring (bicyclic) bond motifs is 1. The van der Waals surface area contributed by atoms with Crippen molar-refractivity contribution in [3.8, 4) is 0 Å². The van der Waals surface area contributed by atoms with E-state index in [1.807, 2.05) is 67.3 Å². The van der Waals surface area contributed by atoms with Gasteiger partial charge in [-0.2, -0.15) is 0 Å². The molecule has 0 spiro atoms. The van der Waals surface area contributed by atoms with Gasteiger partial charge in [-0.3, -0.25) is 9.59 Å². The molecule has 3 aromatic rings. The van der Waals surface area contributed by atoms with Crippen LogP contribution in [-0.4, -0.2) is 96.0 Å². The van der Waals surface area contributed by atoms with Crippen molar-refractivity contribution in [3.05, 3.63) is 96.1 Å². The maximum absolute atomic E-state index is 14.5. The highest BCUT2D eigenvalue weighted by molar-refractivity contribution is 5.90. The van der Waals surface area contributed by atoms with E-state index in [2.05, 4.69) is 48.6 Å². The summed E-state index contributed by atoms with van der Waals surface area (Å²) in [7, 11) is 5.92. The van der Waals surface area contributed by atoms with Crippen LogP contribution in [0.2, 0.25) is 0 Å². The van der Waals surface area contributed by atoms with Gasteiger partial charge in [0.05, 0.1) is 6.04 Å². The summed E-state index contributed by atoms with van der Waals surface area (Å²) in [6.45, 7) is 6.31. The van der Waals surface area contributed by atoms with E-state index in [4.69, 9.17) is 5.11 Å². The van der Waals surface area contributed by atoms with Gasteiger partial charge >= 0.3 is 5.97 Å². The number of hydrogen-bond donors (Lipinski definition) is 2. The van der Waals surface area contributed by atoms with E-state index in [0.29, 0.717) is 38.3 Å². The molecule has 46 heavy (non-hydrogen) atoms. The molecule has 2 N–H and O–H groups in total. The summed E-state index contributed by atoms with van der Waals surface area (Å²) in [5.74, 6) is -0.636. The van der Waals surface area contributed by atoms with Gasteiger partial charge in [-0.25, -0.2) is 4.79 Å². The van der Waals surface area contributed by atoms with Gasteiger partial charge < -0.3 is 25.1 Å². The second-order valence-electron chi connectivity index (χ2n) is 13.6. The summed E-state index contributed by atoms with van der Waals surface area (Å²) in [5, 5.41) is 14.9. The lowest BCUT2D eigenvalue weighted by atomic mass is 9.93. The van der Waals surface area contributed by atoms with Crippen molar-refractivity contribution in [1.82, 2.24) is 20.0 Å². The number of carbonyl (C=O) groups excluding carboxylic acids is 2. The molecule has 0 unspecified atom stereocenters. The first-order valence-corrected chi connectivity index (χ1v) is 16.3. The molecule has 0 bridgehead atoms. The van der Waals surface area contributed by atoms with Crippen LogP contribution in [0.1, 0.15) is 44.2 Å². The third-order valence-electron chi connectivity index (χ3n) is 8.93. The molecule has 1 aliphatic heterocycles. The van der Waals surface area contributed by atoms with E-state index in [-0.39, 0.29) is 11.8 Å². The number of nitrogens with one attached hydrogen (secondary N) is 1. The maximum Gasteiger partial charge on any atom is 0.327 e. The number of benzene rings is 3. The zero-order valence-electron chi connectivity index (χ0n) is 28.0. The lowest BCUT2D eigenvalue weighted by molar-refractivity contribution is -0.146. The smallest absolute Gasteiger partial charge is 0.327 e. The Labute approximate surface area is 274 Å². The minimum absolute atomic E-state index is 0.0175. The monoisotopic (exact) mass is 626 g/mol. The largest absolute Gasteiger partial charge is 0.478 e. The first kappa shape index (κ1) is 34.9. The van der Waals surface area contributed by atoms with Gasteiger partial charge in [-0.05, 0) is 81.4 Å². The van der Waals surface area contributed by atoms with Gasteiger partial charge in [0, 0.05) is 44.7 Å². The predicted molar refractivity (Wildman–Crippen MR) is 185 cm³/mol. The SMILES string of the molecule is CN(C)CC1CCN(C(=O)[C@@H](Cc2ccccc2)N(C)C(=O)[C@@H](Cc2ccc3ccccc3c2)NC(C)(C)C/C=C/C(=O)O)CC1. The molecule has 1 fully saturated rings. The highest BCUT2D eigenvalue weighted by Gasteiger charge is 2.37. The van der Waals surface area contributed by atoms with E-state index >= 15 is 0 Å². The van der Waals surface area contributed by atoms with E-state index in [1.54, 1.807) is 18.0 Å². The van der Waals surface area contributed by atoms with Crippen LogP contribution in [0.3, 0.4) is 0 Å². The molecule has 1 saturated heterocycles. The lowest BCUT2D eigenvalue weighted by Gasteiger charge is -2.39. The molecular formula is C38H50N4O4. The van der Waals surface area contributed by atoms with Crippen LogP contribution < -0.4 is 5.32 Å². The van der Waals surface area contributed by atoms with Crippen molar-refractivity contribution in [2.45, 2.75) is 63.6 Å². The molecule has 2 amide bonds. The molecule has 2 atom stereocenters. The Balaban J connectivity index is 1.61. The molecule has 0 radical (unpaired) electrons. The zero-order chi connectivity index (χ0) is 33.3. The molecule has 1 heterocycles. The van der Waals surface area contributed by atoms with Gasteiger partial charge in [0.2, 0.25) is 11.8 Å². The van der Waals surface area contributed by atoms with E-state index in [0.717, 1.165) is 47.4 Å². The van der Waals surface area contributed by atoms with E-state index in [1.165, 1.54) is 0 Å². The van der Waals surface area contributed by atoms with Crippen LogP contribution in [0, 0.1) is 5.92 Å². The number of nitrogens with zero attached hydrogens (tertiary/aromatic N) is 3. The van der Waals surface area contributed by atoms with Crippen molar-refractivity contribution >= 4 is 28.6 Å². The normalized spacial score (nSPS) is 15.7. The van der Waals surface area contributed by atoms with Gasteiger partial charge in [0.25, 0.3) is 0 Å². The molecule has 0 aliphatic carbocycles. The third kappa shape index (κ3) is 9.99. The van der Waals surface area contributed by atoms with Crippen LogP contribution >= 0.6 is 0 Å². The Kier molecular flexibility index (Phi) is 12.1. The number of likely N-dealkylation sites (tertiary alicyclic amines) is 1. The summed E-state index contributed by atoms with van der Waals surface area (Å²) in [5.41, 5.74) is 1.42. The highest BCUT2D eigenvalue weighted by Crippen LogP contribution is 2.23. The Hall–Kier alpha value is -4.01. The number of carboxylic acid groups (broad SMARTS) is 1. The fourth-order valence-electron chi connectivity index (χ4n) is 6.48. The van der Waals surface area contributed by atoms with Crippen LogP contribution in [0.5, 0.6) is 0 Å². The zero-order valence-corrected chi connectivity index (χ0v) is 28.0. The van der Waals surface area contributed by atoms with Crippen LogP contribution in [0.15, 0.2) is 84.9 Å². The summed E-state index contributed by atoms with van der Waals surface area (Å²) < 4.78 is 0. The Morgan fingerprint density at radius 2 is 1.57 bits per heavy atom. The molecule has 246 valence electrons. The number of carboxylic acids is 1. The van der Waals surface area contributed by atoms with Crippen molar-refractivity contribution in [2.24, 2.45) is 5.92 Å². The number of likely N-dealkylation sites (N-methyl/N-ethyl adjacent to an activating group) is 1. The standard InChI is InChI=1S/C38H50N4O4/c1-38(2,21-11-16-35(43)44)39-33(25-30-17-18-31-14-9-10-15-32(31)24-30)36(45)41(5)34(26-28-12-7-6-8-13-28)37(46)42-22-19-29(20-23-42)27-40(3)4/h6-18,24,29,33-34,39H,19-23,25-27H2,1-5H3,(H,43,44)/b16-11+/t33-,34-/m1/s1. The van der Waals surface area contributed by atoms with Crippen molar-refractivity contribution in [3.63, 3.8) is 0 Å². The number of aliphatic carboxylic acids is 1. The molecular weight excluding hydrogens is 576 g/mol. The molecule has 0 saturated carbocycles. The second-order valence-corrected chi connectivity index (χ2v) is 13.6. The first-order chi connectivity index (χ1) is 21.9. The number of hydrogen-bond acceptors (Lipinski definition) is 5. The molecule has 1 aliphatic rings. The van der Waals surface area contributed by atoms with E-state index in [9.17, 15) is 14.4 Å². The van der Waals surface area contributed by atoms with Crippen LogP contribution in [-0.2, 0) is 27.2 Å². The Morgan fingerprint density at radius 3 is 2.22 bits per heavy atom. The van der Waals surface area contributed by atoms with Crippen LogP contribution in [0.4, 0.5) is 0 Å². The highest BCUT2D eigenvalue weighted by atomic mass is 16.4. The van der Waals surface area contributed by atoms with Gasteiger partial charge in [0.15, 0.2) is 0 Å². The minimum atomic E-state index is -1.01. The van der Waals surface area contributed by atoms with E-state index < -0.39 is 23.6 Å². The van der Waals surface area contributed by atoms with Crippen molar-refractivity contribution in [1.29, 1.82) is 0 Å². The molecule has 8 heteroatoms. The topological polar surface area (TPSA) is 93.2 Å². The third-order valence-corrected chi connectivity index (χ3v) is 8.93. The lowest BCUT2D eigenvalue weighted by Crippen LogP contribution is -2.59.